The number of nitrogens with two attached hydrogens (primary N) is 1. The largest absolute Gasteiger partial charge is 0.398 e. The molecule has 0 amide bonds. The molecule has 4 aromatic rings. The monoisotopic (exact) mass is 411 g/mol. The molecule has 5 nitrogen and oxygen atoms in total. The summed E-state index contributed by atoms with van der Waals surface area (Å²) in [5, 5.41) is 3.43. The van der Waals surface area contributed by atoms with Crippen LogP contribution >= 0.6 is 11.3 Å². The van der Waals surface area contributed by atoms with Crippen LogP contribution in [-0.2, 0) is 6.54 Å². The SMILES string of the molecule is C=C(/N=C(/NCc1ccccn1)c1c(N)cccc1-c1ccccc1)c1cncs1. The number of nitrogens with one attached hydrogen (secondary N) is 1. The number of amidine groups is 1. The van der Waals surface area contributed by atoms with Gasteiger partial charge in [-0.3, -0.25) is 9.97 Å². The molecule has 0 atom stereocenters. The first-order valence-electron chi connectivity index (χ1n) is 9.47. The lowest BCUT2D eigenvalue weighted by molar-refractivity contribution is 0.874. The third kappa shape index (κ3) is 4.45. The number of hydrogen-bond donors (Lipinski definition) is 2. The average Bonchev–Trinajstić information content (AvgIpc) is 3.33. The molecule has 148 valence electrons. The molecule has 2 aromatic heterocycles. The zero-order valence-corrected chi connectivity index (χ0v) is 17.1. The maximum Gasteiger partial charge on any atom is 0.137 e. The smallest absolute Gasteiger partial charge is 0.137 e. The summed E-state index contributed by atoms with van der Waals surface area (Å²) in [7, 11) is 0. The van der Waals surface area contributed by atoms with Gasteiger partial charge in [-0.15, -0.1) is 11.3 Å². The molecule has 0 aliphatic rings. The van der Waals surface area contributed by atoms with E-state index in [-0.39, 0.29) is 0 Å². The van der Waals surface area contributed by atoms with E-state index in [1.807, 2.05) is 48.5 Å². The predicted molar refractivity (Wildman–Crippen MR) is 125 cm³/mol. The number of anilines is 1. The second-order valence-electron chi connectivity index (χ2n) is 6.58. The molecule has 2 heterocycles. The summed E-state index contributed by atoms with van der Waals surface area (Å²) in [6.45, 7) is 4.65. The predicted octanol–water partition coefficient (Wildman–Crippen LogP) is 4.99. The Kier molecular flexibility index (Phi) is 5.96. The lowest BCUT2D eigenvalue weighted by Crippen LogP contribution is -2.26. The van der Waals surface area contributed by atoms with E-state index in [2.05, 4.69) is 40.1 Å². The molecule has 3 N–H and O–H groups in total. The van der Waals surface area contributed by atoms with Gasteiger partial charge < -0.3 is 11.1 Å². The number of aliphatic imine (C=N–C) groups is 1. The number of thiazole rings is 1. The molecular weight excluding hydrogens is 390 g/mol. The van der Waals surface area contributed by atoms with Crippen molar-refractivity contribution in [1.29, 1.82) is 0 Å². The lowest BCUT2D eigenvalue weighted by Gasteiger charge is -2.17. The molecule has 30 heavy (non-hydrogen) atoms. The third-order valence-electron chi connectivity index (χ3n) is 4.54. The number of nitrogens with zero attached hydrogens (tertiary/aromatic N) is 3. The minimum Gasteiger partial charge on any atom is -0.398 e. The van der Waals surface area contributed by atoms with Gasteiger partial charge in [-0.25, -0.2) is 4.99 Å². The summed E-state index contributed by atoms with van der Waals surface area (Å²) >= 11 is 1.50. The van der Waals surface area contributed by atoms with Crippen LogP contribution in [0.4, 0.5) is 5.69 Å². The van der Waals surface area contributed by atoms with Crippen molar-refractivity contribution in [2.45, 2.75) is 6.54 Å². The average molecular weight is 412 g/mol. The Balaban J connectivity index is 1.79. The molecule has 0 bridgehead atoms. The Hall–Kier alpha value is -3.77. The Labute approximate surface area is 179 Å². The van der Waals surface area contributed by atoms with Crippen LogP contribution in [-0.4, -0.2) is 15.8 Å². The van der Waals surface area contributed by atoms with Gasteiger partial charge in [0.25, 0.3) is 0 Å². The van der Waals surface area contributed by atoms with Crippen LogP contribution in [0.5, 0.6) is 0 Å². The number of rotatable bonds is 6. The van der Waals surface area contributed by atoms with Crippen LogP contribution in [0.1, 0.15) is 16.1 Å². The molecule has 6 heteroatoms. The van der Waals surface area contributed by atoms with Crippen LogP contribution in [0.15, 0.2) is 96.2 Å². The summed E-state index contributed by atoms with van der Waals surface area (Å²) in [6, 6.07) is 21.9. The highest BCUT2D eigenvalue weighted by molar-refractivity contribution is 7.10. The first-order chi connectivity index (χ1) is 14.7. The van der Waals surface area contributed by atoms with Crippen LogP contribution in [0.25, 0.3) is 16.8 Å². The van der Waals surface area contributed by atoms with Crippen LogP contribution < -0.4 is 11.1 Å². The summed E-state index contributed by atoms with van der Waals surface area (Å²) in [4.78, 5) is 14.3. The fraction of sp³-hybridized carbons (Fsp3) is 0.0417. The molecular formula is C24H21N5S. The highest BCUT2D eigenvalue weighted by Crippen LogP contribution is 2.29. The Morgan fingerprint density at radius 1 is 1.03 bits per heavy atom. The topological polar surface area (TPSA) is 76.2 Å². The van der Waals surface area contributed by atoms with E-state index >= 15 is 0 Å². The first-order valence-corrected chi connectivity index (χ1v) is 10.3. The maximum absolute atomic E-state index is 6.45. The quantitative estimate of drug-likeness (QED) is 0.266. The van der Waals surface area contributed by atoms with Crippen molar-refractivity contribution in [3.63, 3.8) is 0 Å². The number of benzene rings is 2. The molecule has 0 saturated carbocycles. The highest BCUT2D eigenvalue weighted by atomic mass is 32.1. The standard InChI is InChI=1S/C24H21N5S/c1-17(22-15-26-16-30-22)29-24(28-14-19-10-5-6-13-27-19)23-20(11-7-12-21(23)25)18-8-3-2-4-9-18/h2-13,15-16H,1,14,25H2,(H,28,29). The molecule has 0 saturated heterocycles. The summed E-state index contributed by atoms with van der Waals surface area (Å²) in [5.41, 5.74) is 13.3. The molecule has 0 unspecified atom stereocenters. The number of pyridine rings is 1. The van der Waals surface area contributed by atoms with E-state index in [1.165, 1.54) is 11.3 Å². The molecule has 0 fully saturated rings. The van der Waals surface area contributed by atoms with Crippen molar-refractivity contribution in [2.75, 3.05) is 5.73 Å². The van der Waals surface area contributed by atoms with Crippen LogP contribution in [0.3, 0.4) is 0 Å². The van der Waals surface area contributed by atoms with E-state index in [1.54, 1.807) is 17.9 Å². The summed E-state index contributed by atoms with van der Waals surface area (Å²) < 4.78 is 0. The zero-order valence-electron chi connectivity index (χ0n) is 16.3. The Morgan fingerprint density at radius 3 is 2.60 bits per heavy atom. The fourth-order valence-electron chi connectivity index (χ4n) is 3.10. The maximum atomic E-state index is 6.45. The van der Waals surface area contributed by atoms with Crippen molar-refractivity contribution >= 4 is 28.6 Å². The Bertz CT molecular complexity index is 1150. The van der Waals surface area contributed by atoms with Gasteiger partial charge in [0, 0.05) is 23.6 Å². The molecule has 4 rings (SSSR count). The van der Waals surface area contributed by atoms with Gasteiger partial charge in [-0.2, -0.15) is 0 Å². The number of nitrogen functional groups attached to an aromatic ring is 1. The van der Waals surface area contributed by atoms with Crippen molar-refractivity contribution in [3.05, 3.63) is 107 Å². The van der Waals surface area contributed by atoms with Gasteiger partial charge >= 0.3 is 0 Å². The lowest BCUT2D eigenvalue weighted by atomic mass is 9.97. The third-order valence-corrected chi connectivity index (χ3v) is 5.37. The number of hydrogen-bond acceptors (Lipinski definition) is 5. The van der Waals surface area contributed by atoms with Crippen molar-refractivity contribution in [3.8, 4) is 11.1 Å². The van der Waals surface area contributed by atoms with Crippen LogP contribution in [0, 0.1) is 0 Å². The molecule has 0 aliphatic carbocycles. The molecule has 0 spiro atoms. The summed E-state index contributed by atoms with van der Waals surface area (Å²) in [6.07, 6.45) is 3.54. The second kappa shape index (κ2) is 9.15. The number of aromatic nitrogens is 2. The van der Waals surface area contributed by atoms with E-state index in [4.69, 9.17) is 10.7 Å². The molecule has 2 aromatic carbocycles. The molecule has 0 radical (unpaired) electrons. The minimum atomic E-state index is 0.512. The zero-order chi connectivity index (χ0) is 20.8. The van der Waals surface area contributed by atoms with Gasteiger partial charge in [0.05, 0.1) is 28.3 Å². The van der Waals surface area contributed by atoms with Crippen LogP contribution in [0.2, 0.25) is 0 Å². The van der Waals surface area contributed by atoms with E-state index < -0.39 is 0 Å². The summed E-state index contributed by atoms with van der Waals surface area (Å²) in [5.74, 6) is 0.649. The van der Waals surface area contributed by atoms with Gasteiger partial charge in [-0.1, -0.05) is 55.1 Å². The van der Waals surface area contributed by atoms with Crippen molar-refractivity contribution in [2.24, 2.45) is 4.99 Å². The fourth-order valence-corrected chi connectivity index (χ4v) is 3.64. The van der Waals surface area contributed by atoms with Gasteiger partial charge in [0.1, 0.15) is 5.84 Å². The Morgan fingerprint density at radius 2 is 1.87 bits per heavy atom. The van der Waals surface area contributed by atoms with Gasteiger partial charge in [-0.05, 0) is 29.3 Å². The highest BCUT2D eigenvalue weighted by Gasteiger charge is 2.16. The van der Waals surface area contributed by atoms with E-state index in [0.29, 0.717) is 23.8 Å². The van der Waals surface area contributed by atoms with Gasteiger partial charge in [0.15, 0.2) is 0 Å². The second-order valence-corrected chi connectivity index (χ2v) is 7.47. The van der Waals surface area contributed by atoms with E-state index in [0.717, 1.165) is 27.3 Å². The minimum absolute atomic E-state index is 0.512. The van der Waals surface area contributed by atoms with Gasteiger partial charge in [0.2, 0.25) is 0 Å². The first kappa shape index (κ1) is 19.5. The normalized spacial score (nSPS) is 11.3. The van der Waals surface area contributed by atoms with Crippen molar-refractivity contribution < 1.29 is 0 Å². The molecule has 0 aliphatic heterocycles. The van der Waals surface area contributed by atoms with Crippen molar-refractivity contribution in [1.82, 2.24) is 15.3 Å². The van der Waals surface area contributed by atoms with E-state index in [9.17, 15) is 0 Å².